The molecule has 1 heterocycles. The molecular weight excluding hydrogens is 350 g/mol. The Morgan fingerprint density at radius 2 is 2.00 bits per heavy atom. The van der Waals surface area contributed by atoms with Crippen molar-refractivity contribution in [2.75, 3.05) is 18.9 Å². The number of hydrogen-bond donors (Lipinski definition) is 1. The second kappa shape index (κ2) is 9.05. The van der Waals surface area contributed by atoms with Gasteiger partial charge in [-0.15, -0.1) is 10.2 Å². The highest BCUT2D eigenvalue weighted by molar-refractivity contribution is 7.99. The molecule has 0 radical (unpaired) electrons. The quantitative estimate of drug-likeness (QED) is 0.485. The van der Waals surface area contributed by atoms with Crippen molar-refractivity contribution < 1.29 is 13.9 Å². The average Bonchev–Trinajstić information content (AvgIpc) is 3.14. The van der Waals surface area contributed by atoms with Gasteiger partial charge in [-0.25, -0.2) is 0 Å². The van der Waals surface area contributed by atoms with Crippen molar-refractivity contribution in [3.63, 3.8) is 0 Å². The molecular formula is C19H19N3O3S. The lowest BCUT2D eigenvalue weighted by molar-refractivity contribution is -0.118. The fourth-order valence-corrected chi connectivity index (χ4v) is 2.81. The number of ether oxygens (including phenoxy) is 1. The molecule has 0 unspecified atom stereocenters. The van der Waals surface area contributed by atoms with Crippen LogP contribution in [0.15, 0.2) is 64.2 Å². The van der Waals surface area contributed by atoms with E-state index in [0.29, 0.717) is 24.3 Å². The first-order valence-electron chi connectivity index (χ1n) is 8.18. The Balaban J connectivity index is 1.39. The summed E-state index contributed by atoms with van der Waals surface area (Å²) in [5.41, 5.74) is 1.99. The average molecular weight is 369 g/mol. The van der Waals surface area contributed by atoms with E-state index in [-0.39, 0.29) is 11.7 Å². The number of carbonyl (C=O) groups excluding carboxylic acids is 1. The summed E-state index contributed by atoms with van der Waals surface area (Å²) in [7, 11) is 0. The molecule has 1 N–H and O–H groups in total. The van der Waals surface area contributed by atoms with E-state index in [0.717, 1.165) is 16.9 Å². The fourth-order valence-electron chi connectivity index (χ4n) is 2.22. The predicted molar refractivity (Wildman–Crippen MR) is 100 cm³/mol. The van der Waals surface area contributed by atoms with Gasteiger partial charge in [-0.2, -0.15) is 0 Å². The lowest BCUT2D eigenvalue weighted by atomic mass is 10.1. The lowest BCUT2D eigenvalue weighted by Crippen LogP contribution is -2.29. The van der Waals surface area contributed by atoms with Gasteiger partial charge in [-0.3, -0.25) is 4.79 Å². The third kappa shape index (κ3) is 5.35. The maximum absolute atomic E-state index is 11.9. The molecule has 0 saturated carbocycles. The van der Waals surface area contributed by atoms with Gasteiger partial charge in [0.15, 0.2) is 0 Å². The molecule has 0 aliphatic carbocycles. The highest BCUT2D eigenvalue weighted by Crippen LogP contribution is 2.23. The zero-order chi connectivity index (χ0) is 18.2. The first-order valence-corrected chi connectivity index (χ1v) is 9.17. The normalized spacial score (nSPS) is 10.5. The van der Waals surface area contributed by atoms with E-state index in [4.69, 9.17) is 9.15 Å². The van der Waals surface area contributed by atoms with Crippen LogP contribution in [0, 0.1) is 6.92 Å². The van der Waals surface area contributed by atoms with Gasteiger partial charge in [0.1, 0.15) is 12.4 Å². The summed E-state index contributed by atoms with van der Waals surface area (Å²) in [6.45, 7) is 2.85. The molecule has 1 aromatic heterocycles. The second-order valence-corrected chi connectivity index (χ2v) is 6.47. The van der Waals surface area contributed by atoms with Crippen LogP contribution >= 0.6 is 11.8 Å². The van der Waals surface area contributed by atoms with Gasteiger partial charge in [-0.05, 0) is 31.2 Å². The largest absolute Gasteiger partial charge is 0.492 e. The summed E-state index contributed by atoms with van der Waals surface area (Å²) in [6.07, 6.45) is 0. The number of nitrogens with zero attached hydrogens (tertiary/aromatic N) is 2. The van der Waals surface area contributed by atoms with Crippen molar-refractivity contribution in [3.8, 4) is 17.2 Å². The van der Waals surface area contributed by atoms with Crippen LogP contribution in [-0.2, 0) is 4.79 Å². The minimum atomic E-state index is -0.109. The fraction of sp³-hybridized carbons (Fsp3) is 0.211. The number of carbonyl (C=O) groups is 1. The van der Waals surface area contributed by atoms with Crippen LogP contribution in [0.4, 0.5) is 0 Å². The first-order chi connectivity index (χ1) is 12.7. The molecule has 0 spiro atoms. The number of thioether (sulfide) groups is 1. The van der Waals surface area contributed by atoms with E-state index in [9.17, 15) is 4.79 Å². The van der Waals surface area contributed by atoms with Crippen LogP contribution in [0.3, 0.4) is 0 Å². The van der Waals surface area contributed by atoms with Crippen molar-refractivity contribution in [2.45, 2.75) is 12.1 Å². The Kier molecular flexibility index (Phi) is 6.27. The highest BCUT2D eigenvalue weighted by Gasteiger charge is 2.11. The van der Waals surface area contributed by atoms with Crippen LogP contribution in [-0.4, -0.2) is 35.0 Å². The van der Waals surface area contributed by atoms with Crippen LogP contribution < -0.4 is 10.1 Å². The Morgan fingerprint density at radius 1 is 1.15 bits per heavy atom. The smallest absolute Gasteiger partial charge is 0.277 e. The third-order valence-electron chi connectivity index (χ3n) is 3.43. The van der Waals surface area contributed by atoms with Crippen molar-refractivity contribution in [1.82, 2.24) is 15.5 Å². The van der Waals surface area contributed by atoms with Crippen molar-refractivity contribution >= 4 is 17.7 Å². The zero-order valence-electron chi connectivity index (χ0n) is 14.3. The number of rotatable bonds is 8. The summed E-state index contributed by atoms with van der Waals surface area (Å²) in [5, 5.41) is 11.2. The third-order valence-corrected chi connectivity index (χ3v) is 4.25. The summed E-state index contributed by atoms with van der Waals surface area (Å²) < 4.78 is 11.1. The van der Waals surface area contributed by atoms with E-state index < -0.39 is 0 Å². The maximum Gasteiger partial charge on any atom is 0.277 e. The zero-order valence-corrected chi connectivity index (χ0v) is 15.2. The number of para-hydroxylation sites is 1. The Hall–Kier alpha value is -2.80. The molecule has 2 aromatic carbocycles. The molecule has 3 rings (SSSR count). The van der Waals surface area contributed by atoms with Crippen molar-refractivity contribution in [3.05, 3.63) is 60.2 Å². The predicted octanol–water partition coefficient (Wildman–Crippen LogP) is 3.33. The number of aromatic nitrogens is 2. The van der Waals surface area contributed by atoms with E-state index >= 15 is 0 Å². The molecule has 0 aliphatic heterocycles. The molecule has 7 heteroatoms. The van der Waals surface area contributed by atoms with E-state index in [1.54, 1.807) is 0 Å². The highest BCUT2D eigenvalue weighted by atomic mass is 32.2. The second-order valence-electron chi connectivity index (χ2n) is 5.54. The number of hydrogen-bond acceptors (Lipinski definition) is 6. The lowest BCUT2D eigenvalue weighted by Gasteiger charge is -2.06. The van der Waals surface area contributed by atoms with E-state index in [2.05, 4.69) is 15.5 Å². The monoisotopic (exact) mass is 369 g/mol. The summed E-state index contributed by atoms with van der Waals surface area (Å²) in [5.74, 6) is 1.33. The van der Waals surface area contributed by atoms with Gasteiger partial charge in [-0.1, -0.05) is 47.7 Å². The van der Waals surface area contributed by atoms with Gasteiger partial charge >= 0.3 is 0 Å². The summed E-state index contributed by atoms with van der Waals surface area (Å²) >= 11 is 1.21. The SMILES string of the molecule is Cc1cccc(-c2nnc(SCC(=O)NCCOc3ccccc3)o2)c1. The number of benzene rings is 2. The minimum absolute atomic E-state index is 0.109. The molecule has 0 saturated heterocycles. The van der Waals surface area contributed by atoms with Crippen LogP contribution in [0.5, 0.6) is 5.75 Å². The van der Waals surface area contributed by atoms with Crippen LogP contribution in [0.1, 0.15) is 5.56 Å². The molecule has 26 heavy (non-hydrogen) atoms. The standard InChI is InChI=1S/C19H19N3O3S/c1-14-6-5-7-15(12-14)18-21-22-19(25-18)26-13-17(23)20-10-11-24-16-8-3-2-4-9-16/h2-9,12H,10-11,13H2,1H3,(H,20,23). The van der Waals surface area contributed by atoms with Crippen molar-refractivity contribution in [2.24, 2.45) is 0 Å². The van der Waals surface area contributed by atoms with Gasteiger partial charge in [0.05, 0.1) is 12.3 Å². The number of amides is 1. The Labute approximate surface area is 156 Å². The molecule has 0 bridgehead atoms. The van der Waals surface area contributed by atoms with Gasteiger partial charge in [0.2, 0.25) is 11.8 Å². The van der Waals surface area contributed by atoms with Gasteiger partial charge < -0.3 is 14.5 Å². The van der Waals surface area contributed by atoms with E-state index in [1.165, 1.54) is 11.8 Å². The minimum Gasteiger partial charge on any atom is -0.492 e. The molecule has 0 aliphatic rings. The summed E-state index contributed by atoms with van der Waals surface area (Å²) in [6, 6.07) is 17.3. The summed E-state index contributed by atoms with van der Waals surface area (Å²) in [4.78, 5) is 11.9. The topological polar surface area (TPSA) is 77.2 Å². The van der Waals surface area contributed by atoms with Crippen molar-refractivity contribution in [1.29, 1.82) is 0 Å². The molecule has 0 atom stereocenters. The van der Waals surface area contributed by atoms with Crippen LogP contribution in [0.2, 0.25) is 0 Å². The first kappa shape index (κ1) is 18.0. The maximum atomic E-state index is 11.9. The molecule has 0 fully saturated rings. The van der Waals surface area contributed by atoms with E-state index in [1.807, 2.05) is 61.5 Å². The number of aryl methyl sites for hydroxylation is 1. The van der Waals surface area contributed by atoms with Gasteiger partial charge in [0, 0.05) is 5.56 Å². The number of nitrogens with one attached hydrogen (secondary N) is 1. The molecule has 134 valence electrons. The Morgan fingerprint density at radius 3 is 2.81 bits per heavy atom. The van der Waals surface area contributed by atoms with Gasteiger partial charge in [0.25, 0.3) is 5.22 Å². The van der Waals surface area contributed by atoms with Crippen LogP contribution in [0.25, 0.3) is 11.5 Å². The molecule has 6 nitrogen and oxygen atoms in total. The Bertz CT molecular complexity index is 852. The molecule has 3 aromatic rings. The molecule has 1 amide bonds.